The van der Waals surface area contributed by atoms with Crippen molar-refractivity contribution in [3.8, 4) is 10.7 Å². The van der Waals surface area contributed by atoms with Crippen molar-refractivity contribution < 1.29 is 4.52 Å². The summed E-state index contributed by atoms with van der Waals surface area (Å²) in [5.41, 5.74) is 0.977. The molecule has 3 rings (SSSR count). The normalized spacial score (nSPS) is 11.1. The first kappa shape index (κ1) is 12.6. The zero-order valence-electron chi connectivity index (χ0n) is 10.2. The molecular weight excluding hydrogens is 328 g/mol. The summed E-state index contributed by atoms with van der Waals surface area (Å²) in [4.78, 5) is 5.40. The van der Waals surface area contributed by atoms with Crippen molar-refractivity contribution in [3.05, 3.63) is 39.8 Å². The van der Waals surface area contributed by atoms with Crippen LogP contribution in [0, 0.1) is 6.92 Å². The summed E-state index contributed by atoms with van der Waals surface area (Å²) in [5, 5.41) is 10.3. The number of aryl methyl sites for hydroxylation is 3. The third-order valence-corrected chi connectivity index (χ3v) is 4.30. The molecule has 0 atom stereocenters. The highest BCUT2D eigenvalue weighted by Gasteiger charge is 2.10. The van der Waals surface area contributed by atoms with Crippen molar-refractivity contribution >= 4 is 27.3 Å². The third kappa shape index (κ3) is 2.76. The van der Waals surface area contributed by atoms with E-state index < -0.39 is 0 Å². The van der Waals surface area contributed by atoms with Crippen molar-refractivity contribution in [1.29, 1.82) is 0 Å². The summed E-state index contributed by atoms with van der Waals surface area (Å²) in [7, 11) is 0. The van der Waals surface area contributed by atoms with Crippen LogP contribution in [0.4, 0.5) is 0 Å². The Morgan fingerprint density at radius 3 is 3.05 bits per heavy atom. The van der Waals surface area contributed by atoms with Crippen LogP contribution in [0.2, 0.25) is 0 Å². The molecule has 0 aliphatic carbocycles. The Bertz CT molecular complexity index is 654. The molecule has 98 valence electrons. The number of hydrogen-bond acceptors (Lipinski definition) is 5. The van der Waals surface area contributed by atoms with Gasteiger partial charge in [-0.05, 0) is 34.3 Å². The van der Waals surface area contributed by atoms with Gasteiger partial charge in [-0.25, -0.2) is 0 Å². The topological polar surface area (TPSA) is 56.7 Å². The number of halogens is 1. The van der Waals surface area contributed by atoms with Gasteiger partial charge in [0.25, 0.3) is 0 Å². The molecule has 3 aromatic heterocycles. The molecule has 0 bridgehead atoms. The van der Waals surface area contributed by atoms with E-state index in [4.69, 9.17) is 4.52 Å². The van der Waals surface area contributed by atoms with Gasteiger partial charge in [-0.1, -0.05) is 11.2 Å². The van der Waals surface area contributed by atoms with Crippen LogP contribution < -0.4 is 0 Å². The maximum absolute atomic E-state index is 5.24. The molecule has 0 aliphatic rings. The molecule has 5 nitrogen and oxygen atoms in total. The van der Waals surface area contributed by atoms with Crippen LogP contribution in [-0.4, -0.2) is 19.9 Å². The smallest absolute Gasteiger partial charge is 0.228 e. The molecule has 19 heavy (non-hydrogen) atoms. The molecule has 0 amide bonds. The van der Waals surface area contributed by atoms with E-state index in [0.717, 1.165) is 21.6 Å². The van der Waals surface area contributed by atoms with E-state index in [1.807, 2.05) is 35.3 Å². The van der Waals surface area contributed by atoms with E-state index in [0.29, 0.717) is 18.1 Å². The summed E-state index contributed by atoms with van der Waals surface area (Å²) in [6, 6.07) is 3.95. The van der Waals surface area contributed by atoms with Crippen molar-refractivity contribution in [2.45, 2.75) is 19.9 Å². The fourth-order valence-electron chi connectivity index (χ4n) is 1.68. The third-order valence-electron chi connectivity index (χ3n) is 2.65. The van der Waals surface area contributed by atoms with Gasteiger partial charge in [-0.15, -0.1) is 11.3 Å². The number of aromatic nitrogens is 4. The monoisotopic (exact) mass is 338 g/mol. The molecule has 0 N–H and O–H groups in total. The van der Waals surface area contributed by atoms with Crippen LogP contribution in [0.15, 0.2) is 32.7 Å². The van der Waals surface area contributed by atoms with Gasteiger partial charge in [-0.2, -0.15) is 10.1 Å². The van der Waals surface area contributed by atoms with Gasteiger partial charge in [0.05, 0.1) is 15.0 Å². The second kappa shape index (κ2) is 5.26. The number of thiophene rings is 1. The summed E-state index contributed by atoms with van der Waals surface area (Å²) < 4.78 is 8.12. The van der Waals surface area contributed by atoms with Crippen LogP contribution in [0.5, 0.6) is 0 Å². The molecule has 0 aliphatic heterocycles. The quantitative estimate of drug-likeness (QED) is 0.732. The van der Waals surface area contributed by atoms with Gasteiger partial charge < -0.3 is 4.52 Å². The van der Waals surface area contributed by atoms with E-state index in [2.05, 4.69) is 31.2 Å². The van der Waals surface area contributed by atoms with E-state index in [1.54, 1.807) is 11.3 Å². The summed E-state index contributed by atoms with van der Waals surface area (Å²) in [6.07, 6.45) is 2.62. The molecule has 0 unspecified atom stereocenters. The number of nitrogens with zero attached hydrogens (tertiary/aromatic N) is 4. The first-order valence-corrected chi connectivity index (χ1v) is 7.45. The predicted molar refractivity (Wildman–Crippen MR) is 76.0 cm³/mol. The van der Waals surface area contributed by atoms with Gasteiger partial charge in [0.1, 0.15) is 0 Å². The van der Waals surface area contributed by atoms with Crippen molar-refractivity contribution in [1.82, 2.24) is 19.9 Å². The van der Waals surface area contributed by atoms with Crippen LogP contribution in [0.3, 0.4) is 0 Å². The Balaban J connectivity index is 1.67. The fourth-order valence-corrected chi connectivity index (χ4v) is 2.65. The molecule has 3 aromatic rings. The van der Waals surface area contributed by atoms with Gasteiger partial charge in [-0.3, -0.25) is 4.68 Å². The highest BCUT2D eigenvalue weighted by Crippen LogP contribution is 2.21. The average molecular weight is 339 g/mol. The lowest BCUT2D eigenvalue weighted by molar-refractivity contribution is 0.369. The van der Waals surface area contributed by atoms with Gasteiger partial charge >= 0.3 is 0 Å². The van der Waals surface area contributed by atoms with E-state index in [9.17, 15) is 0 Å². The first-order chi connectivity index (χ1) is 9.22. The van der Waals surface area contributed by atoms with E-state index in [1.165, 1.54) is 0 Å². The van der Waals surface area contributed by atoms with Crippen LogP contribution in [-0.2, 0) is 13.0 Å². The van der Waals surface area contributed by atoms with Crippen LogP contribution >= 0.6 is 27.3 Å². The standard InChI is InChI=1S/C12H11BrN4OS/c1-8-9(13)7-17(15-8)5-4-11-14-12(16-18-11)10-3-2-6-19-10/h2-3,6-7H,4-5H2,1H3. The SMILES string of the molecule is Cc1nn(CCc2nc(-c3cccs3)no2)cc1Br. The van der Waals surface area contributed by atoms with Gasteiger partial charge in [0, 0.05) is 19.2 Å². The van der Waals surface area contributed by atoms with E-state index >= 15 is 0 Å². The molecule has 0 radical (unpaired) electrons. The molecule has 0 saturated carbocycles. The van der Waals surface area contributed by atoms with Gasteiger partial charge in [0.15, 0.2) is 0 Å². The molecule has 3 heterocycles. The van der Waals surface area contributed by atoms with Gasteiger partial charge in [0.2, 0.25) is 11.7 Å². The Morgan fingerprint density at radius 2 is 2.37 bits per heavy atom. The van der Waals surface area contributed by atoms with Crippen LogP contribution in [0.1, 0.15) is 11.6 Å². The molecule has 7 heteroatoms. The Kier molecular flexibility index (Phi) is 3.48. The Morgan fingerprint density at radius 1 is 1.47 bits per heavy atom. The second-order valence-corrected chi connectivity index (χ2v) is 5.87. The lowest BCUT2D eigenvalue weighted by Crippen LogP contribution is -2.02. The maximum atomic E-state index is 5.24. The van der Waals surface area contributed by atoms with Crippen LogP contribution in [0.25, 0.3) is 10.7 Å². The molecule has 0 spiro atoms. The molecule has 0 aromatic carbocycles. The highest BCUT2D eigenvalue weighted by atomic mass is 79.9. The minimum atomic E-state index is 0.632. The van der Waals surface area contributed by atoms with Crippen molar-refractivity contribution in [2.75, 3.05) is 0 Å². The van der Waals surface area contributed by atoms with E-state index in [-0.39, 0.29) is 0 Å². The summed E-state index contributed by atoms with van der Waals surface area (Å²) in [6.45, 7) is 2.68. The molecular formula is C12H11BrN4OS. The lowest BCUT2D eigenvalue weighted by atomic mass is 10.4. The zero-order chi connectivity index (χ0) is 13.2. The second-order valence-electron chi connectivity index (χ2n) is 4.06. The Labute approximate surface area is 122 Å². The first-order valence-electron chi connectivity index (χ1n) is 5.78. The zero-order valence-corrected chi connectivity index (χ0v) is 12.6. The summed E-state index contributed by atoms with van der Waals surface area (Å²) >= 11 is 5.04. The minimum Gasteiger partial charge on any atom is -0.339 e. The predicted octanol–water partition coefficient (Wildman–Crippen LogP) is 3.31. The van der Waals surface area contributed by atoms with Crippen molar-refractivity contribution in [3.63, 3.8) is 0 Å². The molecule has 0 saturated heterocycles. The fraction of sp³-hybridized carbons (Fsp3) is 0.250. The lowest BCUT2D eigenvalue weighted by Gasteiger charge is -1.96. The Hall–Kier alpha value is -1.47. The maximum Gasteiger partial charge on any atom is 0.228 e. The molecule has 0 fully saturated rings. The average Bonchev–Trinajstić information content (AvgIpc) is 3.09. The minimum absolute atomic E-state index is 0.632. The largest absolute Gasteiger partial charge is 0.339 e. The summed E-state index contributed by atoms with van der Waals surface area (Å²) in [5.74, 6) is 1.29. The van der Waals surface area contributed by atoms with Crippen molar-refractivity contribution in [2.24, 2.45) is 0 Å². The highest BCUT2D eigenvalue weighted by molar-refractivity contribution is 9.10. The number of hydrogen-bond donors (Lipinski definition) is 0. The number of rotatable bonds is 4.